The fourth-order valence-corrected chi connectivity index (χ4v) is 2.91. The second kappa shape index (κ2) is 8.46. The van der Waals surface area contributed by atoms with E-state index >= 15 is 0 Å². The fourth-order valence-electron chi connectivity index (χ4n) is 2.91. The molecule has 0 bridgehead atoms. The van der Waals surface area contributed by atoms with Crippen LogP contribution in [0.5, 0.6) is 5.88 Å². The zero-order chi connectivity index (χ0) is 17.5. The van der Waals surface area contributed by atoms with Gasteiger partial charge in [0.2, 0.25) is 5.88 Å². The molecule has 1 atom stereocenters. The first kappa shape index (κ1) is 17.2. The normalized spacial score (nSPS) is 17.2. The van der Waals surface area contributed by atoms with Crippen molar-refractivity contribution in [3.63, 3.8) is 0 Å². The van der Waals surface area contributed by atoms with Crippen molar-refractivity contribution in [1.29, 1.82) is 0 Å². The van der Waals surface area contributed by atoms with Crippen molar-refractivity contribution in [2.24, 2.45) is 0 Å². The molecule has 132 valence electrons. The van der Waals surface area contributed by atoms with E-state index in [2.05, 4.69) is 27.6 Å². The Kier molecular flexibility index (Phi) is 5.82. The number of aryl methyl sites for hydroxylation is 1. The minimum absolute atomic E-state index is 0.0285. The Bertz CT molecular complexity index is 676. The van der Waals surface area contributed by atoms with Gasteiger partial charge < -0.3 is 15.0 Å². The minimum Gasteiger partial charge on any atom is -0.471 e. The number of hydrogen-bond donors (Lipinski definition) is 1. The maximum absolute atomic E-state index is 12.4. The summed E-state index contributed by atoms with van der Waals surface area (Å²) >= 11 is 0. The van der Waals surface area contributed by atoms with Crippen molar-refractivity contribution >= 4 is 6.03 Å². The molecule has 1 saturated heterocycles. The van der Waals surface area contributed by atoms with E-state index < -0.39 is 0 Å². The van der Waals surface area contributed by atoms with Gasteiger partial charge >= 0.3 is 6.03 Å². The summed E-state index contributed by atoms with van der Waals surface area (Å²) in [7, 11) is 0. The quantitative estimate of drug-likeness (QED) is 0.908. The third kappa shape index (κ3) is 5.17. The molecule has 3 rings (SSSR count). The van der Waals surface area contributed by atoms with Gasteiger partial charge in [0.25, 0.3) is 0 Å². The van der Waals surface area contributed by atoms with Crippen molar-refractivity contribution in [3.05, 3.63) is 53.7 Å². The van der Waals surface area contributed by atoms with E-state index in [9.17, 15) is 4.79 Å². The molecule has 1 N–H and O–H groups in total. The van der Waals surface area contributed by atoms with Gasteiger partial charge in [-0.3, -0.25) is 0 Å². The largest absolute Gasteiger partial charge is 0.471 e. The number of urea groups is 1. The lowest BCUT2D eigenvalue weighted by Crippen LogP contribution is -2.49. The van der Waals surface area contributed by atoms with Gasteiger partial charge in [-0.05, 0) is 37.8 Å². The Morgan fingerprint density at radius 1 is 1.24 bits per heavy atom. The molecule has 25 heavy (non-hydrogen) atoms. The van der Waals surface area contributed by atoms with Crippen LogP contribution in [0.3, 0.4) is 0 Å². The molecular formula is C19H24N4O2. The number of likely N-dealkylation sites (tertiary alicyclic amines) is 1. The molecule has 1 aliphatic rings. The van der Waals surface area contributed by atoms with Gasteiger partial charge in [-0.2, -0.15) is 5.10 Å². The fraction of sp³-hybridized carbons (Fsp3) is 0.421. The van der Waals surface area contributed by atoms with Crippen LogP contribution in [0.2, 0.25) is 0 Å². The summed E-state index contributed by atoms with van der Waals surface area (Å²) in [5.41, 5.74) is 2.08. The first-order valence-corrected chi connectivity index (χ1v) is 8.74. The molecule has 1 aromatic heterocycles. The molecule has 1 aliphatic heterocycles. The summed E-state index contributed by atoms with van der Waals surface area (Å²) < 4.78 is 5.87. The summed E-state index contributed by atoms with van der Waals surface area (Å²) in [6.45, 7) is 3.86. The molecule has 2 amide bonds. The molecule has 2 heterocycles. The van der Waals surface area contributed by atoms with Crippen molar-refractivity contribution in [2.75, 3.05) is 19.6 Å². The number of aromatic nitrogens is 2. The number of carbonyl (C=O) groups excluding carboxylic acids is 1. The van der Waals surface area contributed by atoms with Gasteiger partial charge in [-0.1, -0.05) is 30.3 Å². The predicted molar refractivity (Wildman–Crippen MR) is 95.5 cm³/mol. The number of carbonyl (C=O) groups is 1. The van der Waals surface area contributed by atoms with Crippen LogP contribution in [0.15, 0.2) is 42.5 Å². The number of piperidine rings is 1. The lowest BCUT2D eigenvalue weighted by Gasteiger charge is -2.32. The number of benzene rings is 1. The number of nitrogens with zero attached hydrogens (tertiary/aromatic N) is 3. The first-order valence-electron chi connectivity index (χ1n) is 8.74. The van der Waals surface area contributed by atoms with Gasteiger partial charge in [0.05, 0.1) is 12.2 Å². The van der Waals surface area contributed by atoms with Crippen molar-refractivity contribution in [1.82, 2.24) is 20.4 Å². The van der Waals surface area contributed by atoms with Gasteiger partial charge in [0, 0.05) is 19.2 Å². The molecule has 0 spiro atoms. The summed E-state index contributed by atoms with van der Waals surface area (Å²) in [6, 6.07) is 13.8. The topological polar surface area (TPSA) is 67.3 Å². The average molecular weight is 340 g/mol. The van der Waals surface area contributed by atoms with Crippen molar-refractivity contribution in [2.45, 2.75) is 32.3 Å². The van der Waals surface area contributed by atoms with Crippen LogP contribution in [0, 0.1) is 6.92 Å². The van der Waals surface area contributed by atoms with Crippen LogP contribution in [0.25, 0.3) is 0 Å². The highest BCUT2D eigenvalue weighted by Gasteiger charge is 2.25. The molecule has 0 aliphatic carbocycles. The molecule has 1 aromatic carbocycles. The van der Waals surface area contributed by atoms with E-state index in [4.69, 9.17) is 4.74 Å². The Morgan fingerprint density at radius 2 is 2.08 bits per heavy atom. The summed E-state index contributed by atoms with van der Waals surface area (Å²) in [5.74, 6) is 0.516. The van der Waals surface area contributed by atoms with Crippen LogP contribution < -0.4 is 10.1 Å². The zero-order valence-corrected chi connectivity index (χ0v) is 14.5. The SMILES string of the molecule is Cc1ccc(O[C@H]2CCCN(C(=O)NCCc3ccccc3)C2)nn1. The molecular weight excluding hydrogens is 316 g/mol. The van der Waals surface area contributed by atoms with Crippen LogP contribution >= 0.6 is 0 Å². The Balaban J connectivity index is 1.45. The third-order valence-electron chi connectivity index (χ3n) is 4.26. The van der Waals surface area contributed by atoms with E-state index in [1.54, 1.807) is 0 Å². The Hall–Kier alpha value is -2.63. The molecule has 6 nitrogen and oxygen atoms in total. The molecule has 6 heteroatoms. The highest BCUT2D eigenvalue weighted by Crippen LogP contribution is 2.16. The first-order chi connectivity index (χ1) is 12.2. The highest BCUT2D eigenvalue weighted by molar-refractivity contribution is 5.74. The number of nitrogens with one attached hydrogen (secondary N) is 1. The van der Waals surface area contributed by atoms with Crippen LogP contribution in [-0.4, -0.2) is 46.9 Å². The van der Waals surface area contributed by atoms with E-state index in [0.29, 0.717) is 19.0 Å². The summed E-state index contributed by atoms with van der Waals surface area (Å²) in [5, 5.41) is 11.0. The van der Waals surface area contributed by atoms with Gasteiger partial charge in [0.1, 0.15) is 6.10 Å². The summed E-state index contributed by atoms with van der Waals surface area (Å²) in [4.78, 5) is 14.2. The summed E-state index contributed by atoms with van der Waals surface area (Å²) in [6.07, 6.45) is 2.64. The van der Waals surface area contributed by atoms with Crippen LogP contribution in [-0.2, 0) is 6.42 Å². The highest BCUT2D eigenvalue weighted by atomic mass is 16.5. The standard InChI is InChI=1S/C19H24N4O2/c1-15-9-10-18(22-21-15)25-17-8-5-13-23(14-17)19(24)20-12-11-16-6-3-2-4-7-16/h2-4,6-7,9-10,17H,5,8,11-14H2,1H3,(H,20,24)/t17-/m0/s1. The van der Waals surface area contributed by atoms with E-state index in [-0.39, 0.29) is 12.1 Å². The lowest BCUT2D eigenvalue weighted by molar-refractivity contribution is 0.0971. The van der Waals surface area contributed by atoms with Gasteiger partial charge in [-0.15, -0.1) is 5.10 Å². The zero-order valence-electron chi connectivity index (χ0n) is 14.5. The molecule has 2 aromatic rings. The van der Waals surface area contributed by atoms with Crippen LogP contribution in [0.1, 0.15) is 24.1 Å². The van der Waals surface area contributed by atoms with E-state index in [1.165, 1.54) is 5.56 Å². The van der Waals surface area contributed by atoms with E-state index in [0.717, 1.165) is 31.5 Å². The number of rotatable bonds is 5. The predicted octanol–water partition coefficient (Wildman–Crippen LogP) is 2.58. The van der Waals surface area contributed by atoms with Crippen LogP contribution in [0.4, 0.5) is 4.79 Å². The van der Waals surface area contributed by atoms with E-state index in [1.807, 2.05) is 42.2 Å². The van der Waals surface area contributed by atoms with Gasteiger partial charge in [0.15, 0.2) is 0 Å². The van der Waals surface area contributed by atoms with Gasteiger partial charge in [-0.25, -0.2) is 4.79 Å². The third-order valence-corrected chi connectivity index (χ3v) is 4.26. The smallest absolute Gasteiger partial charge is 0.317 e. The maximum atomic E-state index is 12.4. The molecule has 0 unspecified atom stereocenters. The Labute approximate surface area is 148 Å². The molecule has 1 fully saturated rings. The monoisotopic (exact) mass is 340 g/mol. The van der Waals surface area contributed by atoms with Crippen molar-refractivity contribution < 1.29 is 9.53 Å². The average Bonchev–Trinajstić information content (AvgIpc) is 2.65. The minimum atomic E-state index is -0.0365. The molecule has 0 radical (unpaired) electrons. The second-order valence-electron chi connectivity index (χ2n) is 6.31. The second-order valence-corrected chi connectivity index (χ2v) is 6.31. The van der Waals surface area contributed by atoms with Crippen molar-refractivity contribution in [3.8, 4) is 5.88 Å². The lowest BCUT2D eigenvalue weighted by atomic mass is 10.1. The number of ether oxygens (including phenoxy) is 1. The number of amides is 2. The molecule has 0 saturated carbocycles. The Morgan fingerprint density at radius 3 is 2.84 bits per heavy atom. The number of hydrogen-bond acceptors (Lipinski definition) is 4. The maximum Gasteiger partial charge on any atom is 0.317 e.